The van der Waals surface area contributed by atoms with E-state index in [-0.39, 0.29) is 13.2 Å². The lowest BCUT2D eigenvalue weighted by Gasteiger charge is -2.26. The number of carboxylic acid groups (broad SMARTS) is 1. The van der Waals surface area contributed by atoms with Gasteiger partial charge in [0.1, 0.15) is 18.7 Å². The Morgan fingerprint density at radius 3 is 2.76 bits per heavy atom. The molecule has 0 fully saturated rings. The van der Waals surface area contributed by atoms with Gasteiger partial charge in [0.15, 0.2) is 11.5 Å². The molecule has 6 nitrogen and oxygen atoms in total. The van der Waals surface area contributed by atoms with Gasteiger partial charge in [-0.05, 0) is 12.1 Å². The predicted octanol–water partition coefficient (Wildman–Crippen LogP) is -1.31. The van der Waals surface area contributed by atoms with Gasteiger partial charge in [0, 0.05) is 0 Å². The third kappa shape index (κ3) is 2.66. The molecule has 90 valence electrons. The number of nitrogens with one attached hydrogen (secondary N) is 1. The molecule has 17 heavy (non-hydrogen) atoms. The molecule has 0 spiro atoms. The van der Waals surface area contributed by atoms with E-state index in [0.29, 0.717) is 11.5 Å². The van der Waals surface area contributed by atoms with Gasteiger partial charge in [0.05, 0.1) is 6.54 Å². The van der Waals surface area contributed by atoms with Crippen LogP contribution in [0.3, 0.4) is 0 Å². The lowest BCUT2D eigenvalue weighted by molar-refractivity contribution is -0.300. The summed E-state index contributed by atoms with van der Waals surface area (Å²) in [6.07, 6.45) is -0.409. The van der Waals surface area contributed by atoms with E-state index in [1.165, 1.54) is 0 Å². The minimum absolute atomic E-state index is 0.0567. The minimum atomic E-state index is -1.76. The lowest BCUT2D eigenvalue weighted by atomic mass is 10.2. The SMILES string of the molecule is O=C([O-])C(=O)NC[C@@H]1COc2ccccc2O1. The number of rotatable bonds is 2. The number of hydrogen-bond acceptors (Lipinski definition) is 5. The van der Waals surface area contributed by atoms with Crippen LogP contribution in [0, 0.1) is 0 Å². The first-order valence-electron chi connectivity index (χ1n) is 5.04. The standard InChI is InChI=1S/C11H11NO5/c13-10(11(14)15)12-5-7-6-16-8-3-1-2-4-9(8)17-7/h1-4,7H,5-6H2,(H,12,13)(H,14,15)/p-1/t7-/m1/s1. The second-order valence-electron chi connectivity index (χ2n) is 3.50. The molecule has 0 unspecified atom stereocenters. The Balaban J connectivity index is 1.90. The number of aliphatic carboxylic acids is 1. The molecule has 0 saturated carbocycles. The molecule has 2 rings (SSSR count). The van der Waals surface area contributed by atoms with Crippen molar-refractivity contribution >= 4 is 11.9 Å². The van der Waals surface area contributed by atoms with E-state index in [9.17, 15) is 14.7 Å². The molecular weight excluding hydrogens is 226 g/mol. The predicted molar refractivity (Wildman–Crippen MR) is 54.4 cm³/mol. The number of fused-ring (bicyclic) bond motifs is 1. The number of carboxylic acids is 1. The molecule has 1 aliphatic heterocycles. The number of carbonyl (C=O) groups is 2. The summed E-state index contributed by atoms with van der Waals surface area (Å²) in [6, 6.07) is 7.12. The molecule has 0 bridgehead atoms. The number of ether oxygens (including phenoxy) is 2. The molecule has 1 aliphatic rings. The van der Waals surface area contributed by atoms with Gasteiger partial charge in [-0.15, -0.1) is 0 Å². The molecule has 0 radical (unpaired) electrons. The van der Waals surface area contributed by atoms with Gasteiger partial charge in [-0.3, -0.25) is 4.79 Å². The highest BCUT2D eigenvalue weighted by atomic mass is 16.6. The molecule has 6 heteroatoms. The molecular formula is C11H10NO5-. The van der Waals surface area contributed by atoms with Crippen LogP contribution in [-0.4, -0.2) is 31.1 Å². The van der Waals surface area contributed by atoms with E-state index in [4.69, 9.17) is 9.47 Å². The summed E-state index contributed by atoms with van der Waals surface area (Å²) in [5.74, 6) is -1.71. The third-order valence-corrected chi connectivity index (χ3v) is 2.24. The van der Waals surface area contributed by atoms with Crippen molar-refractivity contribution in [2.24, 2.45) is 0 Å². The maximum absolute atomic E-state index is 10.8. The minimum Gasteiger partial charge on any atom is -0.540 e. The largest absolute Gasteiger partial charge is 0.540 e. The van der Waals surface area contributed by atoms with E-state index in [1.54, 1.807) is 18.2 Å². The fourth-order valence-corrected chi connectivity index (χ4v) is 1.44. The van der Waals surface area contributed by atoms with Gasteiger partial charge < -0.3 is 24.7 Å². The van der Waals surface area contributed by atoms with Crippen molar-refractivity contribution in [2.75, 3.05) is 13.2 Å². The summed E-state index contributed by atoms with van der Waals surface area (Å²) in [5, 5.41) is 12.4. The summed E-state index contributed by atoms with van der Waals surface area (Å²) in [7, 11) is 0. The van der Waals surface area contributed by atoms with Crippen LogP contribution in [0.5, 0.6) is 11.5 Å². The maximum atomic E-state index is 10.8. The van der Waals surface area contributed by atoms with Gasteiger partial charge in [0.25, 0.3) is 5.91 Å². The second-order valence-corrected chi connectivity index (χ2v) is 3.50. The van der Waals surface area contributed by atoms with E-state index in [1.807, 2.05) is 6.07 Å². The molecule has 0 aromatic heterocycles. The summed E-state index contributed by atoms with van der Waals surface area (Å²) < 4.78 is 10.9. The van der Waals surface area contributed by atoms with E-state index in [0.717, 1.165) is 0 Å². The maximum Gasteiger partial charge on any atom is 0.267 e. The highest BCUT2D eigenvalue weighted by molar-refractivity contribution is 6.30. The van der Waals surface area contributed by atoms with Crippen molar-refractivity contribution in [3.63, 3.8) is 0 Å². The summed E-state index contributed by atoms with van der Waals surface area (Å²) >= 11 is 0. The molecule has 1 amide bonds. The Morgan fingerprint density at radius 2 is 2.06 bits per heavy atom. The molecule has 1 atom stereocenters. The fourth-order valence-electron chi connectivity index (χ4n) is 1.44. The van der Waals surface area contributed by atoms with Crippen molar-refractivity contribution in [1.82, 2.24) is 5.32 Å². The quantitative estimate of drug-likeness (QED) is 0.644. The summed E-state index contributed by atoms with van der Waals surface area (Å²) in [4.78, 5) is 20.9. The van der Waals surface area contributed by atoms with Gasteiger partial charge >= 0.3 is 0 Å². The van der Waals surface area contributed by atoms with Crippen LogP contribution in [0.2, 0.25) is 0 Å². The average Bonchev–Trinajstić information content (AvgIpc) is 2.35. The Bertz CT molecular complexity index is 445. The van der Waals surface area contributed by atoms with E-state index >= 15 is 0 Å². The van der Waals surface area contributed by atoms with Crippen LogP contribution < -0.4 is 19.9 Å². The third-order valence-electron chi connectivity index (χ3n) is 2.24. The lowest BCUT2D eigenvalue weighted by Crippen LogP contribution is -2.46. The van der Waals surface area contributed by atoms with Gasteiger partial charge in [-0.2, -0.15) is 0 Å². The summed E-state index contributed by atoms with van der Waals surface area (Å²) in [6.45, 7) is 0.311. The Labute approximate surface area is 97.1 Å². The molecule has 1 heterocycles. The number of hydrogen-bond donors (Lipinski definition) is 1. The number of para-hydroxylation sites is 2. The Morgan fingerprint density at radius 1 is 1.35 bits per heavy atom. The smallest absolute Gasteiger partial charge is 0.267 e. The zero-order valence-corrected chi connectivity index (χ0v) is 8.84. The average molecular weight is 236 g/mol. The van der Waals surface area contributed by atoms with Crippen LogP contribution in [0.25, 0.3) is 0 Å². The zero-order chi connectivity index (χ0) is 12.3. The molecule has 1 aromatic carbocycles. The van der Waals surface area contributed by atoms with Crippen molar-refractivity contribution < 1.29 is 24.2 Å². The Kier molecular flexibility index (Phi) is 3.13. The fraction of sp³-hybridized carbons (Fsp3) is 0.273. The van der Waals surface area contributed by atoms with E-state index in [2.05, 4.69) is 5.32 Å². The van der Waals surface area contributed by atoms with Crippen molar-refractivity contribution in [1.29, 1.82) is 0 Å². The van der Waals surface area contributed by atoms with Crippen LogP contribution >= 0.6 is 0 Å². The highest BCUT2D eigenvalue weighted by Crippen LogP contribution is 2.30. The van der Waals surface area contributed by atoms with Crippen LogP contribution in [0.4, 0.5) is 0 Å². The van der Waals surface area contributed by atoms with Crippen molar-refractivity contribution in [2.45, 2.75) is 6.10 Å². The van der Waals surface area contributed by atoms with Gasteiger partial charge in [0.2, 0.25) is 0 Å². The Hall–Kier alpha value is -2.24. The first kappa shape index (κ1) is 11.3. The highest BCUT2D eigenvalue weighted by Gasteiger charge is 2.20. The molecule has 1 aromatic rings. The molecule has 1 N–H and O–H groups in total. The number of amides is 1. The van der Waals surface area contributed by atoms with Crippen molar-refractivity contribution in [3.05, 3.63) is 24.3 Å². The number of benzene rings is 1. The summed E-state index contributed by atoms with van der Waals surface area (Å²) in [5.41, 5.74) is 0. The van der Waals surface area contributed by atoms with Gasteiger partial charge in [-0.25, -0.2) is 0 Å². The first-order chi connectivity index (χ1) is 8.16. The topological polar surface area (TPSA) is 87.7 Å². The van der Waals surface area contributed by atoms with Crippen LogP contribution in [-0.2, 0) is 9.59 Å². The molecule has 0 saturated heterocycles. The van der Waals surface area contributed by atoms with Crippen molar-refractivity contribution in [3.8, 4) is 11.5 Å². The van der Waals surface area contributed by atoms with E-state index < -0.39 is 18.0 Å². The zero-order valence-electron chi connectivity index (χ0n) is 8.84. The normalized spacial score (nSPS) is 17.3. The second kappa shape index (κ2) is 4.73. The van der Waals surface area contributed by atoms with Crippen LogP contribution in [0.15, 0.2) is 24.3 Å². The number of carbonyl (C=O) groups excluding carboxylic acids is 2. The van der Waals surface area contributed by atoms with Gasteiger partial charge in [-0.1, -0.05) is 12.1 Å². The van der Waals surface area contributed by atoms with Crippen LogP contribution in [0.1, 0.15) is 0 Å². The molecule has 0 aliphatic carbocycles. The first-order valence-corrected chi connectivity index (χ1v) is 5.04. The monoisotopic (exact) mass is 236 g/mol.